The van der Waals surface area contributed by atoms with Gasteiger partial charge in [-0.25, -0.2) is 13.1 Å². The minimum atomic E-state index is -4.41. The molecule has 0 amide bonds. The van der Waals surface area contributed by atoms with E-state index >= 15 is 0 Å². The van der Waals surface area contributed by atoms with Gasteiger partial charge in [-0.05, 0) is 6.92 Å². The Morgan fingerprint density at radius 3 is 2.56 bits per heavy atom. The van der Waals surface area contributed by atoms with Crippen molar-refractivity contribution in [2.75, 3.05) is 6.54 Å². The monoisotopic (exact) mass is 286 g/mol. The van der Waals surface area contributed by atoms with Crippen LogP contribution in [-0.2, 0) is 16.6 Å². The van der Waals surface area contributed by atoms with Crippen LogP contribution in [0, 0.1) is 6.92 Å². The summed E-state index contributed by atoms with van der Waals surface area (Å²) >= 11 is 0. The van der Waals surface area contributed by atoms with Crippen LogP contribution in [0.2, 0.25) is 0 Å². The van der Waals surface area contributed by atoms with Gasteiger partial charge in [-0.1, -0.05) is 0 Å². The molecule has 0 spiro atoms. The Labute approximate surface area is 102 Å². The molecule has 1 aromatic heterocycles. The molecule has 0 aliphatic carbocycles. The van der Waals surface area contributed by atoms with Crippen LogP contribution in [0.25, 0.3) is 0 Å². The Hall–Kier alpha value is -1.13. The van der Waals surface area contributed by atoms with Gasteiger partial charge in [-0.15, -0.1) is 0 Å². The van der Waals surface area contributed by atoms with E-state index in [0.29, 0.717) is 0 Å². The zero-order valence-electron chi connectivity index (χ0n) is 9.50. The molecule has 0 saturated heterocycles. The number of alkyl halides is 3. The highest BCUT2D eigenvalue weighted by atomic mass is 32.2. The van der Waals surface area contributed by atoms with Gasteiger partial charge in [0.05, 0.1) is 17.8 Å². The number of H-pyrrole nitrogens is 1. The maximum absolute atomic E-state index is 11.9. The molecule has 0 aliphatic rings. The summed E-state index contributed by atoms with van der Waals surface area (Å²) in [6.07, 6.45) is -5.65. The van der Waals surface area contributed by atoms with Gasteiger partial charge < -0.3 is 5.73 Å². The van der Waals surface area contributed by atoms with Crippen molar-refractivity contribution in [3.8, 4) is 0 Å². The second-order valence-corrected chi connectivity index (χ2v) is 5.30. The maximum Gasteiger partial charge on any atom is 0.390 e. The Bertz CT molecular complexity index is 509. The molecular weight excluding hydrogens is 273 g/mol. The summed E-state index contributed by atoms with van der Waals surface area (Å²) in [5.74, 6) is 0. The lowest BCUT2D eigenvalue weighted by Gasteiger charge is -2.09. The molecule has 0 radical (unpaired) electrons. The largest absolute Gasteiger partial charge is 0.390 e. The fourth-order valence-electron chi connectivity index (χ4n) is 1.36. The number of hydrogen-bond donors (Lipinski definition) is 3. The summed E-state index contributed by atoms with van der Waals surface area (Å²) in [5, 5.41) is 6.10. The van der Waals surface area contributed by atoms with E-state index in [2.05, 4.69) is 10.2 Å². The lowest BCUT2D eigenvalue weighted by Crippen LogP contribution is -2.29. The standard InChI is InChI=1S/C8H13F3N4O2S/c1-5-7(6(4-12)15-14-5)18(16,17)13-3-2-8(9,10)11/h13H,2-4,12H2,1H3,(H,14,15). The molecule has 0 atom stereocenters. The van der Waals surface area contributed by atoms with Gasteiger partial charge in [0.2, 0.25) is 10.0 Å². The van der Waals surface area contributed by atoms with E-state index in [1.54, 1.807) is 0 Å². The third kappa shape index (κ3) is 3.68. The van der Waals surface area contributed by atoms with Gasteiger partial charge in [-0.3, -0.25) is 5.10 Å². The van der Waals surface area contributed by atoms with Crippen LogP contribution >= 0.6 is 0 Å². The van der Waals surface area contributed by atoms with Gasteiger partial charge in [0.1, 0.15) is 4.90 Å². The van der Waals surface area contributed by atoms with E-state index in [1.807, 2.05) is 4.72 Å². The van der Waals surface area contributed by atoms with Crippen molar-refractivity contribution in [2.24, 2.45) is 5.73 Å². The number of sulfonamides is 1. The van der Waals surface area contributed by atoms with E-state index < -0.39 is 29.2 Å². The molecule has 10 heteroatoms. The van der Waals surface area contributed by atoms with E-state index in [9.17, 15) is 21.6 Å². The van der Waals surface area contributed by atoms with Crippen molar-refractivity contribution in [3.63, 3.8) is 0 Å². The van der Waals surface area contributed by atoms with Crippen molar-refractivity contribution in [1.82, 2.24) is 14.9 Å². The zero-order chi connectivity index (χ0) is 14.0. The molecule has 104 valence electrons. The number of hydrogen-bond acceptors (Lipinski definition) is 4. The molecule has 0 aromatic carbocycles. The van der Waals surface area contributed by atoms with Crippen molar-refractivity contribution in [1.29, 1.82) is 0 Å². The van der Waals surface area contributed by atoms with E-state index in [1.165, 1.54) is 6.92 Å². The third-order valence-electron chi connectivity index (χ3n) is 2.12. The first-order chi connectivity index (χ1) is 8.17. The first-order valence-corrected chi connectivity index (χ1v) is 6.46. The van der Waals surface area contributed by atoms with Crippen molar-refractivity contribution >= 4 is 10.0 Å². The minimum absolute atomic E-state index is 0.0898. The van der Waals surface area contributed by atoms with Gasteiger partial charge in [0.15, 0.2) is 0 Å². The van der Waals surface area contributed by atoms with Crippen LogP contribution in [0.4, 0.5) is 13.2 Å². The molecule has 0 fully saturated rings. The Morgan fingerprint density at radius 1 is 1.44 bits per heavy atom. The fraction of sp³-hybridized carbons (Fsp3) is 0.625. The summed E-state index contributed by atoms with van der Waals surface area (Å²) < 4.78 is 61.2. The van der Waals surface area contributed by atoms with Crippen LogP contribution in [0.15, 0.2) is 4.90 Å². The number of nitrogens with zero attached hydrogens (tertiary/aromatic N) is 1. The van der Waals surface area contributed by atoms with Crippen LogP contribution in [0.3, 0.4) is 0 Å². The highest BCUT2D eigenvalue weighted by Crippen LogP contribution is 2.20. The normalized spacial score (nSPS) is 12.9. The van der Waals surface area contributed by atoms with Gasteiger partial charge in [0.25, 0.3) is 0 Å². The summed E-state index contributed by atoms with van der Waals surface area (Å²) in [5.41, 5.74) is 5.63. The first kappa shape index (κ1) is 14.9. The first-order valence-electron chi connectivity index (χ1n) is 4.97. The summed E-state index contributed by atoms with van der Waals surface area (Å²) in [6, 6.07) is 0. The van der Waals surface area contributed by atoms with Crippen LogP contribution < -0.4 is 10.5 Å². The van der Waals surface area contributed by atoms with Crippen LogP contribution in [-0.4, -0.2) is 31.3 Å². The van der Waals surface area contributed by atoms with Gasteiger partial charge in [0, 0.05) is 13.1 Å². The van der Waals surface area contributed by atoms with Crippen molar-refractivity contribution in [3.05, 3.63) is 11.4 Å². The molecule has 1 aromatic rings. The Kier molecular flexibility index (Phi) is 4.35. The topological polar surface area (TPSA) is 101 Å². The fourth-order valence-corrected chi connectivity index (χ4v) is 2.77. The highest BCUT2D eigenvalue weighted by Gasteiger charge is 2.29. The smallest absolute Gasteiger partial charge is 0.325 e. The Morgan fingerprint density at radius 2 is 2.06 bits per heavy atom. The highest BCUT2D eigenvalue weighted by molar-refractivity contribution is 7.89. The number of aryl methyl sites for hydroxylation is 1. The molecule has 0 aliphatic heterocycles. The summed E-state index contributed by atoms with van der Waals surface area (Å²) in [6.45, 7) is 0.602. The second kappa shape index (κ2) is 5.24. The van der Waals surface area contributed by atoms with E-state index in [4.69, 9.17) is 5.73 Å². The summed E-state index contributed by atoms with van der Waals surface area (Å²) in [7, 11) is -4.04. The lowest BCUT2D eigenvalue weighted by atomic mass is 10.4. The average molecular weight is 286 g/mol. The molecule has 18 heavy (non-hydrogen) atoms. The molecule has 1 heterocycles. The van der Waals surface area contributed by atoms with E-state index in [0.717, 1.165) is 0 Å². The predicted molar refractivity (Wildman–Crippen MR) is 57.1 cm³/mol. The number of halogens is 3. The van der Waals surface area contributed by atoms with E-state index in [-0.39, 0.29) is 22.8 Å². The molecular formula is C8H13F3N4O2S. The number of aromatic nitrogens is 2. The number of aromatic amines is 1. The average Bonchev–Trinajstić information content (AvgIpc) is 2.57. The quantitative estimate of drug-likeness (QED) is 0.729. The summed E-state index contributed by atoms with van der Waals surface area (Å²) in [4.78, 5) is -0.188. The molecule has 0 bridgehead atoms. The van der Waals surface area contributed by atoms with Crippen LogP contribution in [0.5, 0.6) is 0 Å². The van der Waals surface area contributed by atoms with Gasteiger partial charge in [-0.2, -0.15) is 18.3 Å². The lowest BCUT2D eigenvalue weighted by molar-refractivity contribution is -0.132. The molecule has 6 nitrogen and oxygen atoms in total. The zero-order valence-corrected chi connectivity index (χ0v) is 10.3. The Balaban J connectivity index is 2.84. The number of nitrogens with two attached hydrogens (primary N) is 1. The number of nitrogens with one attached hydrogen (secondary N) is 2. The second-order valence-electron chi connectivity index (χ2n) is 3.59. The molecule has 0 saturated carbocycles. The third-order valence-corrected chi connectivity index (χ3v) is 3.79. The van der Waals surface area contributed by atoms with Crippen molar-refractivity contribution in [2.45, 2.75) is 31.0 Å². The van der Waals surface area contributed by atoms with Crippen molar-refractivity contribution < 1.29 is 21.6 Å². The maximum atomic E-state index is 11.9. The minimum Gasteiger partial charge on any atom is -0.325 e. The van der Waals surface area contributed by atoms with Gasteiger partial charge >= 0.3 is 6.18 Å². The molecule has 1 rings (SSSR count). The molecule has 4 N–H and O–H groups in total. The molecule has 0 unspecified atom stereocenters. The predicted octanol–water partition coefficient (Wildman–Crippen LogP) is 0.408. The number of rotatable bonds is 5. The van der Waals surface area contributed by atoms with Crippen LogP contribution in [0.1, 0.15) is 17.8 Å². The SMILES string of the molecule is Cc1[nH]nc(CN)c1S(=O)(=O)NCCC(F)(F)F.